The fraction of sp³-hybridized carbons (Fsp3) is 0.381. The van der Waals surface area contributed by atoms with Gasteiger partial charge in [-0.3, -0.25) is 4.79 Å². The number of para-hydroxylation sites is 1. The van der Waals surface area contributed by atoms with Gasteiger partial charge in [-0.25, -0.2) is 0 Å². The van der Waals surface area contributed by atoms with Crippen molar-refractivity contribution in [2.45, 2.75) is 44.1 Å². The minimum Gasteiger partial charge on any atom is -0.491 e. The number of carbonyl (C=O) groups excluding carboxylic acids is 1. The summed E-state index contributed by atoms with van der Waals surface area (Å²) in [5, 5.41) is 3.17. The van der Waals surface area contributed by atoms with Gasteiger partial charge in [-0.15, -0.1) is 0 Å². The highest BCUT2D eigenvalue weighted by Gasteiger charge is 2.42. The van der Waals surface area contributed by atoms with Crippen molar-refractivity contribution in [2.75, 3.05) is 6.61 Å². The van der Waals surface area contributed by atoms with Crippen LogP contribution in [0.15, 0.2) is 60.7 Å². The minimum absolute atomic E-state index is 0.0288. The van der Waals surface area contributed by atoms with Crippen molar-refractivity contribution in [3.05, 3.63) is 66.2 Å². The Morgan fingerprint density at radius 3 is 2.25 bits per heavy atom. The van der Waals surface area contributed by atoms with Crippen LogP contribution in [0.1, 0.15) is 38.2 Å². The fourth-order valence-corrected chi connectivity index (χ4v) is 3.52. The monoisotopic (exact) mass is 323 g/mol. The van der Waals surface area contributed by atoms with Crippen LogP contribution in [-0.2, 0) is 10.2 Å². The molecular formula is C21H25NO2. The average molecular weight is 323 g/mol. The lowest BCUT2D eigenvalue weighted by Crippen LogP contribution is -2.47. The number of benzene rings is 2. The second-order valence-corrected chi connectivity index (χ2v) is 6.65. The van der Waals surface area contributed by atoms with Crippen LogP contribution >= 0.6 is 0 Å². The molecule has 0 spiro atoms. The number of hydrogen-bond donors (Lipinski definition) is 1. The molecule has 1 amide bonds. The standard InChI is InChI=1S/C21H25NO2/c1-17(16-24-19-12-6-3-7-13-19)22-20(23)21(14-8-9-15-21)18-10-4-2-5-11-18/h2-7,10-13,17H,8-9,14-16H2,1H3,(H,22,23). The van der Waals surface area contributed by atoms with E-state index in [9.17, 15) is 4.79 Å². The molecule has 0 bridgehead atoms. The molecule has 1 N–H and O–H groups in total. The van der Waals surface area contributed by atoms with E-state index in [2.05, 4.69) is 17.4 Å². The van der Waals surface area contributed by atoms with Crippen molar-refractivity contribution < 1.29 is 9.53 Å². The second-order valence-electron chi connectivity index (χ2n) is 6.65. The third-order valence-electron chi connectivity index (χ3n) is 4.84. The zero-order valence-electron chi connectivity index (χ0n) is 14.2. The Balaban J connectivity index is 1.64. The maximum Gasteiger partial charge on any atom is 0.230 e. The third kappa shape index (κ3) is 3.61. The van der Waals surface area contributed by atoms with Crippen molar-refractivity contribution in [3.8, 4) is 5.75 Å². The van der Waals surface area contributed by atoms with Crippen LogP contribution in [-0.4, -0.2) is 18.6 Å². The second kappa shape index (κ2) is 7.52. The third-order valence-corrected chi connectivity index (χ3v) is 4.84. The topological polar surface area (TPSA) is 38.3 Å². The SMILES string of the molecule is CC(COc1ccccc1)NC(=O)C1(c2ccccc2)CCCC1. The van der Waals surface area contributed by atoms with Gasteiger partial charge in [-0.1, -0.05) is 61.4 Å². The summed E-state index contributed by atoms with van der Waals surface area (Å²) in [7, 11) is 0. The molecule has 0 heterocycles. The Morgan fingerprint density at radius 2 is 1.62 bits per heavy atom. The number of nitrogens with one attached hydrogen (secondary N) is 1. The highest BCUT2D eigenvalue weighted by atomic mass is 16.5. The van der Waals surface area contributed by atoms with E-state index in [1.807, 2.05) is 55.5 Å². The molecule has 3 heteroatoms. The Labute approximate surface area is 144 Å². The summed E-state index contributed by atoms with van der Waals surface area (Å²) < 4.78 is 5.76. The molecule has 3 rings (SSSR count). The molecule has 24 heavy (non-hydrogen) atoms. The van der Waals surface area contributed by atoms with Crippen LogP contribution in [0.3, 0.4) is 0 Å². The maximum absolute atomic E-state index is 13.0. The van der Waals surface area contributed by atoms with Gasteiger partial charge in [-0.2, -0.15) is 0 Å². The molecule has 2 aromatic rings. The average Bonchev–Trinajstić information content (AvgIpc) is 3.13. The fourth-order valence-electron chi connectivity index (χ4n) is 3.52. The summed E-state index contributed by atoms with van der Waals surface area (Å²) in [6, 6.07) is 19.9. The molecular weight excluding hydrogens is 298 g/mol. The summed E-state index contributed by atoms with van der Waals surface area (Å²) in [5.74, 6) is 0.965. The molecule has 1 aliphatic rings. The predicted octanol–water partition coefficient (Wildman–Crippen LogP) is 4.08. The smallest absolute Gasteiger partial charge is 0.230 e. The Bertz CT molecular complexity index is 648. The number of carbonyl (C=O) groups is 1. The Kier molecular flexibility index (Phi) is 5.19. The van der Waals surface area contributed by atoms with Crippen molar-refractivity contribution in [3.63, 3.8) is 0 Å². The van der Waals surface area contributed by atoms with E-state index in [1.165, 1.54) is 0 Å². The van der Waals surface area contributed by atoms with Gasteiger partial charge in [0.1, 0.15) is 12.4 Å². The number of amides is 1. The van der Waals surface area contributed by atoms with Gasteiger partial charge < -0.3 is 10.1 Å². The van der Waals surface area contributed by atoms with Crippen molar-refractivity contribution >= 4 is 5.91 Å². The van der Waals surface area contributed by atoms with E-state index in [0.29, 0.717) is 6.61 Å². The van der Waals surface area contributed by atoms with E-state index in [4.69, 9.17) is 4.74 Å². The molecule has 3 nitrogen and oxygen atoms in total. The van der Waals surface area contributed by atoms with Gasteiger partial charge in [0.25, 0.3) is 0 Å². The Hall–Kier alpha value is -2.29. The summed E-state index contributed by atoms with van der Waals surface area (Å²) in [6.07, 6.45) is 4.07. The lowest BCUT2D eigenvalue weighted by Gasteiger charge is -2.30. The quantitative estimate of drug-likeness (QED) is 0.870. The normalized spacial score (nSPS) is 17.2. The van der Waals surface area contributed by atoms with Crippen LogP contribution in [0.4, 0.5) is 0 Å². The lowest BCUT2D eigenvalue weighted by molar-refractivity contribution is -0.127. The molecule has 0 aliphatic heterocycles. The molecule has 0 saturated heterocycles. The first kappa shape index (κ1) is 16.6. The molecule has 2 aromatic carbocycles. The molecule has 126 valence electrons. The van der Waals surface area contributed by atoms with E-state index in [-0.39, 0.29) is 17.4 Å². The van der Waals surface area contributed by atoms with E-state index >= 15 is 0 Å². The van der Waals surface area contributed by atoms with Gasteiger partial charge in [0.15, 0.2) is 0 Å². The van der Waals surface area contributed by atoms with Crippen LogP contribution in [0.25, 0.3) is 0 Å². The van der Waals surface area contributed by atoms with Crippen LogP contribution < -0.4 is 10.1 Å². The molecule has 1 aliphatic carbocycles. The summed E-state index contributed by atoms with van der Waals surface area (Å²) in [6.45, 7) is 2.47. The minimum atomic E-state index is -0.373. The summed E-state index contributed by atoms with van der Waals surface area (Å²) in [5.41, 5.74) is 0.763. The van der Waals surface area contributed by atoms with E-state index in [0.717, 1.165) is 37.0 Å². The van der Waals surface area contributed by atoms with Gasteiger partial charge >= 0.3 is 0 Å². The van der Waals surface area contributed by atoms with E-state index < -0.39 is 0 Å². The molecule has 0 aromatic heterocycles. The van der Waals surface area contributed by atoms with Crippen molar-refractivity contribution in [1.82, 2.24) is 5.32 Å². The number of hydrogen-bond acceptors (Lipinski definition) is 2. The Morgan fingerprint density at radius 1 is 1.04 bits per heavy atom. The van der Waals surface area contributed by atoms with Crippen LogP contribution in [0.2, 0.25) is 0 Å². The molecule has 1 saturated carbocycles. The molecule has 1 atom stereocenters. The summed E-state index contributed by atoms with van der Waals surface area (Å²) >= 11 is 0. The van der Waals surface area contributed by atoms with Gasteiger partial charge in [-0.05, 0) is 37.5 Å². The predicted molar refractivity (Wildman–Crippen MR) is 96.1 cm³/mol. The molecule has 0 radical (unpaired) electrons. The van der Waals surface area contributed by atoms with E-state index in [1.54, 1.807) is 0 Å². The largest absolute Gasteiger partial charge is 0.491 e. The summed E-state index contributed by atoms with van der Waals surface area (Å²) in [4.78, 5) is 13.0. The first-order valence-electron chi connectivity index (χ1n) is 8.75. The van der Waals surface area contributed by atoms with Crippen LogP contribution in [0.5, 0.6) is 5.75 Å². The van der Waals surface area contributed by atoms with Crippen LogP contribution in [0, 0.1) is 0 Å². The maximum atomic E-state index is 13.0. The molecule has 1 unspecified atom stereocenters. The zero-order valence-corrected chi connectivity index (χ0v) is 14.2. The lowest BCUT2D eigenvalue weighted by atomic mass is 9.78. The zero-order chi connectivity index (χ0) is 16.8. The first-order chi connectivity index (χ1) is 11.7. The molecule has 1 fully saturated rings. The van der Waals surface area contributed by atoms with Crippen molar-refractivity contribution in [2.24, 2.45) is 0 Å². The highest BCUT2D eigenvalue weighted by molar-refractivity contribution is 5.88. The van der Waals surface area contributed by atoms with Gasteiger partial charge in [0, 0.05) is 0 Å². The van der Waals surface area contributed by atoms with Gasteiger partial charge in [0.05, 0.1) is 11.5 Å². The number of rotatable bonds is 6. The number of ether oxygens (including phenoxy) is 1. The highest BCUT2D eigenvalue weighted by Crippen LogP contribution is 2.41. The first-order valence-corrected chi connectivity index (χ1v) is 8.75. The van der Waals surface area contributed by atoms with Crippen molar-refractivity contribution in [1.29, 1.82) is 0 Å². The van der Waals surface area contributed by atoms with Gasteiger partial charge in [0.2, 0.25) is 5.91 Å².